The first-order chi connectivity index (χ1) is 19.5. The quantitative estimate of drug-likeness (QED) is 0.231. The van der Waals surface area contributed by atoms with Crippen molar-refractivity contribution in [2.24, 2.45) is 5.92 Å². The van der Waals surface area contributed by atoms with Crippen LogP contribution in [0.15, 0.2) is 109 Å². The Morgan fingerprint density at radius 3 is 2.42 bits per heavy atom. The van der Waals surface area contributed by atoms with Crippen molar-refractivity contribution in [3.05, 3.63) is 120 Å². The molecule has 5 aromatic rings. The number of benzene rings is 4. The summed E-state index contributed by atoms with van der Waals surface area (Å²) >= 11 is 0. The van der Waals surface area contributed by atoms with Gasteiger partial charge in [0.05, 0.1) is 11.2 Å². The first-order valence-electron chi connectivity index (χ1n) is 14.4. The Bertz CT molecular complexity index is 1610. The molecule has 0 aliphatic carbocycles. The van der Waals surface area contributed by atoms with Crippen molar-refractivity contribution in [3.63, 3.8) is 0 Å². The fourth-order valence-corrected chi connectivity index (χ4v) is 5.89. The van der Waals surface area contributed by atoms with Crippen molar-refractivity contribution in [2.45, 2.75) is 39.2 Å². The first kappa shape index (κ1) is 26.1. The number of piperidine rings is 1. The second-order valence-corrected chi connectivity index (χ2v) is 11.3. The maximum atomic E-state index is 12.1. The molecule has 0 saturated carbocycles. The van der Waals surface area contributed by atoms with Gasteiger partial charge in [-0.15, -0.1) is 0 Å². The summed E-state index contributed by atoms with van der Waals surface area (Å²) in [7, 11) is 0. The lowest BCUT2D eigenvalue weighted by Gasteiger charge is -2.32. The van der Waals surface area contributed by atoms with Gasteiger partial charge in [-0.05, 0) is 84.9 Å². The molecule has 0 bridgehead atoms. The van der Waals surface area contributed by atoms with Crippen LogP contribution in [-0.2, 0) is 11.3 Å². The number of nitrogens with zero attached hydrogens (tertiary/aromatic N) is 2. The van der Waals surface area contributed by atoms with E-state index in [4.69, 9.17) is 0 Å². The highest BCUT2D eigenvalue weighted by Crippen LogP contribution is 2.32. The van der Waals surface area contributed by atoms with E-state index in [0.717, 1.165) is 38.2 Å². The summed E-state index contributed by atoms with van der Waals surface area (Å²) in [4.78, 5) is 14.7. The van der Waals surface area contributed by atoms with Gasteiger partial charge in [0.25, 0.3) is 0 Å². The van der Waals surface area contributed by atoms with Crippen LogP contribution in [0.2, 0.25) is 0 Å². The van der Waals surface area contributed by atoms with Crippen LogP contribution in [0.3, 0.4) is 0 Å². The summed E-state index contributed by atoms with van der Waals surface area (Å²) in [6.45, 7) is 6.98. The molecule has 4 heteroatoms. The Morgan fingerprint density at radius 1 is 0.850 bits per heavy atom. The molecule has 0 unspecified atom stereocenters. The molecular weight excluding hydrogens is 490 g/mol. The minimum absolute atomic E-state index is 0.0187. The van der Waals surface area contributed by atoms with E-state index < -0.39 is 0 Å². The van der Waals surface area contributed by atoms with Gasteiger partial charge in [-0.1, -0.05) is 80.6 Å². The van der Waals surface area contributed by atoms with Crippen LogP contribution in [0, 0.1) is 5.92 Å². The maximum Gasteiger partial charge on any atom is 0.226 e. The number of nitrogens with one attached hydrogen (secondary N) is 1. The fraction of sp³-hybridized carbons (Fsp3) is 0.250. The molecule has 4 aromatic carbocycles. The van der Waals surface area contributed by atoms with Crippen molar-refractivity contribution >= 4 is 22.5 Å². The van der Waals surface area contributed by atoms with E-state index in [0.29, 0.717) is 5.92 Å². The second-order valence-electron chi connectivity index (χ2n) is 11.3. The third-order valence-corrected chi connectivity index (χ3v) is 8.15. The largest absolute Gasteiger partial charge is 0.326 e. The highest BCUT2D eigenvalue weighted by atomic mass is 16.1. The van der Waals surface area contributed by atoms with Gasteiger partial charge < -0.3 is 9.88 Å². The molecular formula is C36H37N3O. The van der Waals surface area contributed by atoms with E-state index in [9.17, 15) is 4.79 Å². The molecule has 0 spiro atoms. The average molecular weight is 528 g/mol. The van der Waals surface area contributed by atoms with Crippen LogP contribution < -0.4 is 5.32 Å². The lowest BCUT2D eigenvalue weighted by Crippen LogP contribution is -2.32. The summed E-state index contributed by atoms with van der Waals surface area (Å²) in [5, 5.41) is 4.32. The molecule has 1 fully saturated rings. The fourth-order valence-electron chi connectivity index (χ4n) is 5.89. The number of fused-ring (bicyclic) bond motifs is 1. The number of hydrogen-bond acceptors (Lipinski definition) is 2. The molecule has 1 aromatic heterocycles. The number of carbonyl (C=O) groups is 1. The van der Waals surface area contributed by atoms with Gasteiger partial charge in [0.2, 0.25) is 5.91 Å². The van der Waals surface area contributed by atoms with Crippen molar-refractivity contribution in [1.82, 2.24) is 9.47 Å². The first-order valence-corrected chi connectivity index (χ1v) is 14.4. The molecule has 0 atom stereocenters. The van der Waals surface area contributed by atoms with Crippen molar-refractivity contribution < 1.29 is 4.79 Å². The highest BCUT2D eigenvalue weighted by Gasteiger charge is 2.21. The molecule has 0 radical (unpaired) electrons. The van der Waals surface area contributed by atoms with Gasteiger partial charge >= 0.3 is 0 Å². The van der Waals surface area contributed by atoms with E-state index in [2.05, 4.69) is 118 Å². The third-order valence-electron chi connectivity index (χ3n) is 8.15. The molecule has 1 amide bonds. The van der Waals surface area contributed by atoms with Crippen molar-refractivity contribution in [3.8, 4) is 16.8 Å². The predicted molar refractivity (Wildman–Crippen MR) is 166 cm³/mol. The van der Waals surface area contributed by atoms with E-state index >= 15 is 0 Å². The summed E-state index contributed by atoms with van der Waals surface area (Å²) in [6.07, 6.45) is 4.46. The van der Waals surface area contributed by atoms with Gasteiger partial charge in [-0.25, -0.2) is 0 Å². The monoisotopic (exact) mass is 527 g/mol. The number of aromatic nitrogens is 1. The lowest BCUT2D eigenvalue weighted by molar-refractivity contribution is -0.118. The molecule has 2 heterocycles. The number of hydrogen-bond donors (Lipinski definition) is 1. The standard InChI is InChI=1S/C36H37N3O/c1-26(2)36(40)37-32-12-8-11-30(24-32)28-17-20-38(21-18-28)25-27-15-16-34-31(23-27)19-22-39(34)35-14-7-6-13-33(35)29-9-4-3-5-10-29/h3-16,19,22-24,26,28H,17-18,20-21,25H2,1-2H3,(H,37,40). The van der Waals surface area contributed by atoms with Gasteiger partial charge in [-0.3, -0.25) is 9.69 Å². The van der Waals surface area contributed by atoms with Gasteiger partial charge in [-0.2, -0.15) is 0 Å². The zero-order chi connectivity index (χ0) is 27.5. The number of carbonyl (C=O) groups excluding carboxylic acids is 1. The minimum Gasteiger partial charge on any atom is -0.326 e. The molecule has 1 saturated heterocycles. The Kier molecular flexibility index (Phi) is 7.52. The van der Waals surface area contributed by atoms with Crippen molar-refractivity contribution in [2.75, 3.05) is 18.4 Å². The zero-order valence-corrected chi connectivity index (χ0v) is 23.4. The van der Waals surface area contributed by atoms with Gasteiger partial charge in [0, 0.05) is 35.3 Å². The van der Waals surface area contributed by atoms with E-state index in [1.165, 1.54) is 38.8 Å². The minimum atomic E-state index is -0.0187. The van der Waals surface area contributed by atoms with E-state index in [1.807, 2.05) is 19.9 Å². The highest BCUT2D eigenvalue weighted by molar-refractivity contribution is 5.92. The van der Waals surface area contributed by atoms with Gasteiger partial charge in [0.1, 0.15) is 0 Å². The zero-order valence-electron chi connectivity index (χ0n) is 23.4. The van der Waals surface area contributed by atoms with Gasteiger partial charge in [0.15, 0.2) is 0 Å². The predicted octanol–water partition coefficient (Wildman–Crippen LogP) is 8.27. The number of anilines is 1. The van der Waals surface area contributed by atoms with Crippen LogP contribution in [-0.4, -0.2) is 28.5 Å². The third kappa shape index (κ3) is 5.59. The Labute approximate surface area is 237 Å². The second kappa shape index (κ2) is 11.5. The van der Waals surface area contributed by atoms with Crippen LogP contribution >= 0.6 is 0 Å². The Hall–Kier alpha value is -4.15. The van der Waals surface area contributed by atoms with Crippen LogP contribution in [0.25, 0.3) is 27.7 Å². The SMILES string of the molecule is CC(C)C(=O)Nc1cccc(C2CCN(Cc3ccc4c(ccn4-c4ccccc4-c4ccccc4)c3)CC2)c1. The topological polar surface area (TPSA) is 37.3 Å². The number of likely N-dealkylation sites (tertiary alicyclic amines) is 1. The smallest absolute Gasteiger partial charge is 0.226 e. The number of para-hydroxylation sites is 1. The van der Waals surface area contributed by atoms with Crippen LogP contribution in [0.5, 0.6) is 0 Å². The van der Waals surface area contributed by atoms with Crippen LogP contribution in [0.1, 0.15) is 43.7 Å². The van der Waals surface area contributed by atoms with E-state index in [-0.39, 0.29) is 11.8 Å². The molecule has 4 nitrogen and oxygen atoms in total. The Morgan fingerprint density at radius 2 is 1.62 bits per heavy atom. The maximum absolute atomic E-state index is 12.1. The van der Waals surface area contributed by atoms with E-state index in [1.54, 1.807) is 0 Å². The summed E-state index contributed by atoms with van der Waals surface area (Å²) in [6, 6.07) is 36.8. The molecule has 1 N–H and O–H groups in total. The summed E-state index contributed by atoms with van der Waals surface area (Å²) < 4.78 is 2.31. The van der Waals surface area contributed by atoms with Crippen molar-refractivity contribution in [1.29, 1.82) is 0 Å². The molecule has 202 valence electrons. The molecule has 1 aliphatic heterocycles. The normalized spacial score (nSPS) is 14.6. The number of rotatable bonds is 7. The Balaban J connectivity index is 1.13. The lowest BCUT2D eigenvalue weighted by atomic mass is 9.89. The van der Waals surface area contributed by atoms with Crippen LogP contribution in [0.4, 0.5) is 5.69 Å². The number of amides is 1. The average Bonchev–Trinajstić information content (AvgIpc) is 3.41. The molecule has 40 heavy (non-hydrogen) atoms. The summed E-state index contributed by atoms with van der Waals surface area (Å²) in [5.41, 5.74) is 8.50. The molecule has 6 rings (SSSR count). The summed E-state index contributed by atoms with van der Waals surface area (Å²) in [5.74, 6) is 0.586. The molecule has 1 aliphatic rings.